The van der Waals surface area contributed by atoms with Crippen LogP contribution in [-0.4, -0.2) is 22.9 Å². The fourth-order valence-corrected chi connectivity index (χ4v) is 2.99. The molecule has 1 unspecified atom stereocenters. The van der Waals surface area contributed by atoms with Gasteiger partial charge in [-0.1, -0.05) is 34.5 Å². The van der Waals surface area contributed by atoms with E-state index in [4.69, 9.17) is 11.6 Å². The van der Waals surface area contributed by atoms with Crippen molar-refractivity contribution in [3.63, 3.8) is 0 Å². The number of pyridine rings is 1. The van der Waals surface area contributed by atoms with E-state index in [9.17, 15) is 0 Å². The van der Waals surface area contributed by atoms with Crippen molar-refractivity contribution in [1.29, 1.82) is 0 Å². The van der Waals surface area contributed by atoms with Crippen LogP contribution in [0.4, 0.5) is 5.69 Å². The lowest BCUT2D eigenvalue weighted by Crippen LogP contribution is -2.36. The quantitative estimate of drug-likeness (QED) is 0.774. The summed E-state index contributed by atoms with van der Waals surface area (Å²) in [4.78, 5) is 6.99. The number of nitrogens with zero attached hydrogens (tertiary/aromatic N) is 2. The highest BCUT2D eigenvalue weighted by atomic mass is 79.9. The second kappa shape index (κ2) is 5.37. The summed E-state index contributed by atoms with van der Waals surface area (Å²) in [5.41, 5.74) is 1.12. The minimum absolute atomic E-state index is 0.613. The molecule has 1 aliphatic rings. The molecule has 1 atom stereocenters. The molecule has 1 aromatic rings. The molecule has 1 saturated heterocycles. The molecule has 0 aromatic carbocycles. The Morgan fingerprint density at radius 2 is 2.19 bits per heavy atom. The van der Waals surface area contributed by atoms with E-state index in [1.807, 2.05) is 6.07 Å². The van der Waals surface area contributed by atoms with Crippen LogP contribution in [0, 0.1) is 5.92 Å². The summed E-state index contributed by atoms with van der Waals surface area (Å²) in [6, 6.07) is 2.00. The standard InChI is InChI=1S/C12H16BrClN2/c1-9(13)10-3-6-16(7-4-10)12-2-5-15-8-11(12)14/h2,5,8-10H,3-4,6-7H2,1H3. The zero-order valence-electron chi connectivity index (χ0n) is 9.37. The Morgan fingerprint density at radius 3 is 2.75 bits per heavy atom. The molecule has 2 nitrogen and oxygen atoms in total. The summed E-state index contributed by atoms with van der Waals surface area (Å²) in [6.45, 7) is 4.41. The second-order valence-corrected chi connectivity index (χ2v) is 6.18. The second-order valence-electron chi connectivity index (χ2n) is 4.33. The van der Waals surface area contributed by atoms with Gasteiger partial charge >= 0.3 is 0 Å². The molecule has 0 bridgehead atoms. The summed E-state index contributed by atoms with van der Waals surface area (Å²) in [6.07, 6.45) is 5.98. The Labute approximate surface area is 110 Å². The molecule has 0 N–H and O–H groups in total. The lowest BCUT2D eigenvalue weighted by Gasteiger charge is -2.35. The van der Waals surface area contributed by atoms with Crippen molar-refractivity contribution in [3.8, 4) is 0 Å². The third-order valence-corrected chi connectivity index (χ3v) is 4.32. The number of piperidine rings is 1. The average Bonchev–Trinajstić information content (AvgIpc) is 2.30. The van der Waals surface area contributed by atoms with Crippen LogP contribution < -0.4 is 4.90 Å². The lowest BCUT2D eigenvalue weighted by atomic mass is 9.94. The van der Waals surface area contributed by atoms with Crippen molar-refractivity contribution in [3.05, 3.63) is 23.5 Å². The van der Waals surface area contributed by atoms with E-state index in [2.05, 4.69) is 32.7 Å². The van der Waals surface area contributed by atoms with Crippen LogP contribution >= 0.6 is 27.5 Å². The predicted octanol–water partition coefficient (Wildman–Crippen LogP) is 3.73. The molecule has 1 aliphatic heterocycles. The molecule has 2 heterocycles. The highest BCUT2D eigenvalue weighted by molar-refractivity contribution is 9.09. The molecule has 1 aromatic heterocycles. The Morgan fingerprint density at radius 1 is 1.50 bits per heavy atom. The highest BCUT2D eigenvalue weighted by Crippen LogP contribution is 2.31. The van der Waals surface area contributed by atoms with Crippen molar-refractivity contribution in [2.24, 2.45) is 5.92 Å². The molecule has 16 heavy (non-hydrogen) atoms. The molecule has 0 spiro atoms. The fourth-order valence-electron chi connectivity index (χ4n) is 2.22. The number of hydrogen-bond acceptors (Lipinski definition) is 2. The Kier molecular flexibility index (Phi) is 4.09. The third-order valence-electron chi connectivity index (χ3n) is 3.28. The number of aromatic nitrogens is 1. The van der Waals surface area contributed by atoms with Gasteiger partial charge in [-0.05, 0) is 24.8 Å². The van der Waals surface area contributed by atoms with Gasteiger partial charge in [-0.25, -0.2) is 0 Å². The number of rotatable bonds is 2. The molecule has 0 aliphatic carbocycles. The number of anilines is 1. The van der Waals surface area contributed by atoms with Crippen LogP contribution in [0.1, 0.15) is 19.8 Å². The van der Waals surface area contributed by atoms with Crippen LogP contribution in [-0.2, 0) is 0 Å². The van der Waals surface area contributed by atoms with Gasteiger partial charge in [0.25, 0.3) is 0 Å². The van der Waals surface area contributed by atoms with Crippen LogP contribution in [0.25, 0.3) is 0 Å². The fraction of sp³-hybridized carbons (Fsp3) is 0.583. The van der Waals surface area contributed by atoms with Gasteiger partial charge in [0.05, 0.1) is 10.7 Å². The number of hydrogen-bond donors (Lipinski definition) is 0. The maximum atomic E-state index is 6.14. The van der Waals surface area contributed by atoms with Crippen LogP contribution in [0.2, 0.25) is 5.02 Å². The molecule has 0 amide bonds. The van der Waals surface area contributed by atoms with Gasteiger partial charge < -0.3 is 4.90 Å². The van der Waals surface area contributed by atoms with E-state index in [0.717, 1.165) is 29.7 Å². The SMILES string of the molecule is CC(Br)C1CCN(c2ccncc2Cl)CC1. The van der Waals surface area contributed by atoms with E-state index >= 15 is 0 Å². The maximum absolute atomic E-state index is 6.14. The van der Waals surface area contributed by atoms with E-state index in [0.29, 0.717) is 4.83 Å². The van der Waals surface area contributed by atoms with Gasteiger partial charge in [0, 0.05) is 30.3 Å². The minimum Gasteiger partial charge on any atom is -0.370 e. The van der Waals surface area contributed by atoms with Gasteiger partial charge in [-0.15, -0.1) is 0 Å². The average molecular weight is 304 g/mol. The molecule has 1 fully saturated rings. The normalized spacial score (nSPS) is 19.8. The van der Waals surface area contributed by atoms with Gasteiger partial charge in [-0.3, -0.25) is 4.98 Å². The molecular formula is C12H16BrClN2. The first-order valence-corrected chi connectivity index (χ1v) is 6.96. The van der Waals surface area contributed by atoms with Crippen molar-refractivity contribution >= 4 is 33.2 Å². The van der Waals surface area contributed by atoms with Crippen molar-refractivity contribution in [2.75, 3.05) is 18.0 Å². The van der Waals surface area contributed by atoms with Crippen molar-refractivity contribution < 1.29 is 0 Å². The zero-order chi connectivity index (χ0) is 11.5. The van der Waals surface area contributed by atoms with Gasteiger partial charge in [0.2, 0.25) is 0 Å². The summed E-state index contributed by atoms with van der Waals surface area (Å²) in [5.74, 6) is 0.789. The van der Waals surface area contributed by atoms with Crippen molar-refractivity contribution in [2.45, 2.75) is 24.6 Å². The first-order chi connectivity index (χ1) is 7.68. The topological polar surface area (TPSA) is 16.1 Å². The Balaban J connectivity index is 2.02. The molecule has 0 radical (unpaired) electrons. The summed E-state index contributed by atoms with van der Waals surface area (Å²) in [7, 11) is 0. The Hall–Kier alpha value is -0.280. The van der Waals surface area contributed by atoms with Crippen LogP contribution in [0.3, 0.4) is 0 Å². The number of alkyl halides is 1. The first kappa shape index (κ1) is 12.2. The van der Waals surface area contributed by atoms with E-state index < -0.39 is 0 Å². The largest absolute Gasteiger partial charge is 0.370 e. The number of halogens is 2. The first-order valence-electron chi connectivity index (χ1n) is 5.67. The smallest absolute Gasteiger partial charge is 0.0822 e. The lowest BCUT2D eigenvalue weighted by molar-refractivity contribution is 0.407. The third kappa shape index (κ3) is 2.69. The molecular weight excluding hydrogens is 288 g/mol. The summed E-state index contributed by atoms with van der Waals surface area (Å²) < 4.78 is 0. The van der Waals surface area contributed by atoms with Gasteiger partial charge in [-0.2, -0.15) is 0 Å². The van der Waals surface area contributed by atoms with E-state index in [-0.39, 0.29) is 0 Å². The van der Waals surface area contributed by atoms with Crippen molar-refractivity contribution in [1.82, 2.24) is 4.98 Å². The Bertz CT molecular complexity index is 349. The monoisotopic (exact) mass is 302 g/mol. The van der Waals surface area contributed by atoms with E-state index in [1.54, 1.807) is 12.4 Å². The minimum atomic E-state index is 0.613. The summed E-state index contributed by atoms with van der Waals surface area (Å²) >= 11 is 9.82. The molecule has 88 valence electrons. The van der Waals surface area contributed by atoms with Gasteiger partial charge in [0.15, 0.2) is 0 Å². The van der Waals surface area contributed by atoms with Crippen LogP contribution in [0.5, 0.6) is 0 Å². The van der Waals surface area contributed by atoms with E-state index in [1.165, 1.54) is 12.8 Å². The molecule has 2 rings (SSSR count). The molecule has 4 heteroatoms. The zero-order valence-corrected chi connectivity index (χ0v) is 11.7. The highest BCUT2D eigenvalue weighted by Gasteiger charge is 2.23. The molecule has 0 saturated carbocycles. The van der Waals surface area contributed by atoms with Gasteiger partial charge in [0.1, 0.15) is 0 Å². The maximum Gasteiger partial charge on any atom is 0.0822 e. The summed E-state index contributed by atoms with van der Waals surface area (Å²) in [5, 5.41) is 0.757. The predicted molar refractivity (Wildman–Crippen MR) is 72.6 cm³/mol. The van der Waals surface area contributed by atoms with Crippen LogP contribution in [0.15, 0.2) is 18.5 Å².